The molecule has 2 saturated carbocycles. The molecule has 3 aromatic rings. The second kappa shape index (κ2) is 11.8. The molecule has 0 amide bonds. The van der Waals surface area contributed by atoms with Crippen LogP contribution in [-0.2, 0) is 28.9 Å². The number of allylic oxidation sites excluding steroid dienone is 1. The van der Waals surface area contributed by atoms with Crippen molar-refractivity contribution in [2.45, 2.75) is 67.7 Å². The molecule has 242 valence electrons. The first kappa shape index (κ1) is 31.2. The van der Waals surface area contributed by atoms with Crippen molar-refractivity contribution in [1.29, 1.82) is 0 Å². The zero-order valence-electron chi connectivity index (χ0n) is 24.4. The molecule has 0 aromatic carbocycles. The number of aromatic nitrogens is 6. The van der Waals surface area contributed by atoms with Gasteiger partial charge in [-0.15, -0.1) is 0 Å². The first-order valence-electron chi connectivity index (χ1n) is 14.7. The van der Waals surface area contributed by atoms with E-state index in [2.05, 4.69) is 36.1 Å². The standard InChI is InChI=1S/C28H34F4N10O2S/c1-41-25(28(30,31)32)12-22(40-41)21-15-36-27(33,13-23(21)38-19-4-2-18(3-5-19)34-11-9-29)24-8-10-35-26(39-24)17-14-37-42(16-17)45(43,44)20-6-7-20/h8,10,12-16,18-20,34,36,38H,2-7,9,11,33H2,1H3. The number of aryl methyl sites for hydroxylation is 1. The fourth-order valence-electron chi connectivity index (χ4n) is 5.69. The van der Waals surface area contributed by atoms with Gasteiger partial charge in [0.05, 0.1) is 34.6 Å². The maximum absolute atomic E-state index is 13.6. The summed E-state index contributed by atoms with van der Waals surface area (Å²) in [5.41, 5.74) is 6.20. The highest BCUT2D eigenvalue weighted by Gasteiger charge is 2.39. The predicted octanol–water partition coefficient (Wildman–Crippen LogP) is 2.53. The molecule has 1 unspecified atom stereocenters. The summed E-state index contributed by atoms with van der Waals surface area (Å²) in [4.78, 5) is 8.89. The Morgan fingerprint density at radius 2 is 1.89 bits per heavy atom. The second-order valence-corrected chi connectivity index (χ2v) is 13.7. The highest BCUT2D eigenvalue weighted by molar-refractivity contribution is 7.90. The molecule has 3 aliphatic rings. The number of nitrogens with zero attached hydrogens (tertiary/aromatic N) is 6. The highest BCUT2D eigenvalue weighted by Crippen LogP contribution is 2.35. The minimum Gasteiger partial charge on any atom is -0.382 e. The number of hydrogen-bond donors (Lipinski definition) is 4. The van der Waals surface area contributed by atoms with Crippen LogP contribution in [0.25, 0.3) is 17.0 Å². The molecule has 0 spiro atoms. The molecule has 0 bridgehead atoms. The van der Waals surface area contributed by atoms with Crippen LogP contribution in [0, 0.1) is 0 Å². The Labute approximate surface area is 257 Å². The van der Waals surface area contributed by atoms with Crippen LogP contribution in [-0.4, -0.2) is 67.9 Å². The number of alkyl halides is 4. The summed E-state index contributed by atoms with van der Waals surface area (Å²) in [7, 11) is -2.34. The largest absolute Gasteiger partial charge is 0.433 e. The van der Waals surface area contributed by atoms with E-state index in [1.165, 1.54) is 31.8 Å². The van der Waals surface area contributed by atoms with Crippen LogP contribution in [0.15, 0.2) is 48.7 Å². The lowest BCUT2D eigenvalue weighted by Crippen LogP contribution is -2.50. The first-order chi connectivity index (χ1) is 21.4. The van der Waals surface area contributed by atoms with E-state index >= 15 is 0 Å². The Hall–Kier alpha value is -3.83. The van der Waals surface area contributed by atoms with Gasteiger partial charge in [0.15, 0.2) is 11.5 Å². The van der Waals surface area contributed by atoms with Crippen molar-refractivity contribution in [1.82, 2.24) is 44.9 Å². The molecule has 1 atom stereocenters. The molecule has 12 nitrogen and oxygen atoms in total. The van der Waals surface area contributed by atoms with Crippen LogP contribution >= 0.6 is 0 Å². The smallest absolute Gasteiger partial charge is 0.382 e. The van der Waals surface area contributed by atoms with Gasteiger partial charge >= 0.3 is 6.18 Å². The third-order valence-electron chi connectivity index (χ3n) is 8.28. The van der Waals surface area contributed by atoms with Crippen molar-refractivity contribution in [2.75, 3.05) is 13.2 Å². The lowest BCUT2D eigenvalue weighted by molar-refractivity contribution is -0.143. The maximum Gasteiger partial charge on any atom is 0.433 e. The van der Waals surface area contributed by atoms with E-state index in [9.17, 15) is 26.0 Å². The molecule has 0 saturated heterocycles. The highest BCUT2D eigenvalue weighted by atomic mass is 32.2. The van der Waals surface area contributed by atoms with E-state index < -0.39 is 39.5 Å². The quantitative estimate of drug-likeness (QED) is 0.241. The second-order valence-electron chi connectivity index (χ2n) is 11.6. The minimum atomic E-state index is -4.59. The molecule has 0 radical (unpaired) electrons. The minimum absolute atomic E-state index is 0.0172. The number of dihydropyridines is 1. The zero-order valence-corrected chi connectivity index (χ0v) is 25.2. The summed E-state index contributed by atoms with van der Waals surface area (Å²) in [5.74, 6) is 0.202. The molecule has 3 aromatic heterocycles. The normalized spacial score (nSPS) is 24.1. The third-order valence-corrected chi connectivity index (χ3v) is 10.3. The number of halogens is 4. The van der Waals surface area contributed by atoms with Crippen molar-refractivity contribution < 1.29 is 26.0 Å². The Bertz CT molecular complexity index is 1720. The molecule has 4 heterocycles. The van der Waals surface area contributed by atoms with E-state index in [0.29, 0.717) is 41.9 Å². The molecule has 6 rings (SSSR count). The number of hydrogen-bond acceptors (Lipinski definition) is 10. The molecular formula is C28H34F4N10O2S. The number of rotatable bonds is 10. The van der Waals surface area contributed by atoms with Crippen LogP contribution < -0.4 is 21.7 Å². The van der Waals surface area contributed by atoms with Crippen molar-refractivity contribution >= 4 is 15.6 Å². The van der Waals surface area contributed by atoms with E-state index in [-0.39, 0.29) is 23.6 Å². The van der Waals surface area contributed by atoms with Gasteiger partial charge in [0.25, 0.3) is 10.0 Å². The Balaban J connectivity index is 1.30. The van der Waals surface area contributed by atoms with Crippen molar-refractivity contribution in [3.63, 3.8) is 0 Å². The van der Waals surface area contributed by atoms with Crippen LogP contribution in [0.4, 0.5) is 17.6 Å². The van der Waals surface area contributed by atoms with Gasteiger partial charge in [-0.1, -0.05) is 0 Å². The lowest BCUT2D eigenvalue weighted by atomic mass is 9.89. The summed E-state index contributed by atoms with van der Waals surface area (Å²) in [6.07, 6.45) is 7.10. The fraction of sp³-hybridized carbons (Fsp3) is 0.500. The Kier molecular flexibility index (Phi) is 8.19. The zero-order chi connectivity index (χ0) is 32.0. The van der Waals surface area contributed by atoms with Gasteiger partial charge in [-0.05, 0) is 56.7 Å². The number of nitrogens with one attached hydrogen (secondary N) is 3. The van der Waals surface area contributed by atoms with Crippen LogP contribution in [0.1, 0.15) is 55.6 Å². The van der Waals surface area contributed by atoms with E-state index in [1.807, 2.05) is 0 Å². The molecule has 2 fully saturated rings. The van der Waals surface area contributed by atoms with Crippen LogP contribution in [0.2, 0.25) is 0 Å². The van der Waals surface area contributed by atoms with Crippen LogP contribution in [0.3, 0.4) is 0 Å². The summed E-state index contributed by atoms with van der Waals surface area (Å²) < 4.78 is 80.5. The maximum atomic E-state index is 13.6. The third kappa shape index (κ3) is 6.46. The molecule has 5 N–H and O–H groups in total. The fourth-order valence-corrected chi connectivity index (χ4v) is 7.16. The summed E-state index contributed by atoms with van der Waals surface area (Å²) in [5, 5.41) is 17.5. The average molecular weight is 651 g/mol. The SMILES string of the molecule is Cn1nc(C2=CNC(N)(c3ccnc(-c4cnn(S(=O)(=O)C5CC5)c4)n3)C=C2NC2CCC(NCCF)CC2)cc1C(F)(F)F. The lowest BCUT2D eigenvalue weighted by Gasteiger charge is -2.35. The first-order valence-corrected chi connectivity index (χ1v) is 16.2. The van der Waals surface area contributed by atoms with Crippen molar-refractivity contribution in [2.24, 2.45) is 12.8 Å². The summed E-state index contributed by atoms with van der Waals surface area (Å²) >= 11 is 0. The Morgan fingerprint density at radius 1 is 1.16 bits per heavy atom. The molecule has 45 heavy (non-hydrogen) atoms. The number of nitrogens with two attached hydrogens (primary N) is 1. The molecular weight excluding hydrogens is 616 g/mol. The molecule has 2 aliphatic carbocycles. The van der Waals surface area contributed by atoms with Gasteiger partial charge < -0.3 is 21.7 Å². The summed E-state index contributed by atoms with van der Waals surface area (Å²) in [6.45, 7) is -0.150. The van der Waals surface area contributed by atoms with Gasteiger partial charge in [-0.3, -0.25) is 4.68 Å². The van der Waals surface area contributed by atoms with Gasteiger partial charge in [-0.25, -0.2) is 22.8 Å². The van der Waals surface area contributed by atoms with Gasteiger partial charge in [0.1, 0.15) is 12.4 Å². The van der Waals surface area contributed by atoms with E-state index in [4.69, 9.17) is 5.73 Å². The van der Waals surface area contributed by atoms with Gasteiger partial charge in [-0.2, -0.15) is 27.5 Å². The van der Waals surface area contributed by atoms with E-state index in [0.717, 1.165) is 40.5 Å². The molecule has 1 aliphatic heterocycles. The average Bonchev–Trinajstić information content (AvgIpc) is 3.62. The monoisotopic (exact) mass is 650 g/mol. The van der Waals surface area contributed by atoms with Crippen LogP contribution in [0.5, 0.6) is 0 Å². The van der Waals surface area contributed by atoms with Gasteiger partial charge in [0.2, 0.25) is 0 Å². The predicted molar refractivity (Wildman–Crippen MR) is 157 cm³/mol. The van der Waals surface area contributed by atoms with Gasteiger partial charge in [0, 0.05) is 49.3 Å². The topological polar surface area (TPSA) is 158 Å². The Morgan fingerprint density at radius 3 is 2.56 bits per heavy atom. The summed E-state index contributed by atoms with van der Waals surface area (Å²) in [6, 6.07) is 2.76. The molecule has 17 heteroatoms. The van der Waals surface area contributed by atoms with Crippen molar-refractivity contribution in [3.8, 4) is 11.4 Å². The van der Waals surface area contributed by atoms with Crippen molar-refractivity contribution in [3.05, 3.63) is 65.8 Å². The van der Waals surface area contributed by atoms with E-state index in [1.54, 1.807) is 12.1 Å².